The number of rotatable bonds is 7. The fraction of sp³-hybridized carbons (Fsp3) is 0.364. The van der Waals surface area contributed by atoms with E-state index >= 15 is 0 Å². The summed E-state index contributed by atoms with van der Waals surface area (Å²) >= 11 is 6.12. The largest absolute Gasteiger partial charge is 0.372 e. The number of benzene rings is 2. The third kappa shape index (κ3) is 3.99. The van der Waals surface area contributed by atoms with Crippen LogP contribution in [0.5, 0.6) is 0 Å². The van der Waals surface area contributed by atoms with Crippen LogP contribution in [0.1, 0.15) is 32.3 Å². The molecule has 6 heteroatoms. The van der Waals surface area contributed by atoms with Gasteiger partial charge in [-0.1, -0.05) is 17.7 Å². The SMILES string of the molecule is CCN(CC)c1ccc(NC(=O)C2(C(=O)Nc3cccc(Cl)c3C)CC2)cc1. The molecule has 2 N–H and O–H groups in total. The minimum absolute atomic E-state index is 0.264. The lowest BCUT2D eigenvalue weighted by molar-refractivity contribution is -0.131. The number of hydrogen-bond acceptors (Lipinski definition) is 3. The van der Waals surface area contributed by atoms with E-state index in [4.69, 9.17) is 11.6 Å². The van der Waals surface area contributed by atoms with Crippen LogP contribution >= 0.6 is 11.6 Å². The summed E-state index contributed by atoms with van der Waals surface area (Å²) in [4.78, 5) is 27.8. The highest BCUT2D eigenvalue weighted by molar-refractivity contribution is 6.31. The second kappa shape index (κ2) is 8.23. The molecule has 2 amide bonds. The summed E-state index contributed by atoms with van der Waals surface area (Å²) in [7, 11) is 0. The Morgan fingerprint density at radius 1 is 1.00 bits per heavy atom. The lowest BCUT2D eigenvalue weighted by Crippen LogP contribution is -2.35. The Bertz CT molecular complexity index is 872. The summed E-state index contributed by atoms with van der Waals surface area (Å²) < 4.78 is 0. The van der Waals surface area contributed by atoms with E-state index < -0.39 is 5.41 Å². The lowest BCUT2D eigenvalue weighted by atomic mass is 10.0. The molecule has 0 heterocycles. The maximum absolute atomic E-state index is 12.8. The van der Waals surface area contributed by atoms with Gasteiger partial charge in [-0.2, -0.15) is 0 Å². The summed E-state index contributed by atoms with van der Waals surface area (Å²) in [5, 5.41) is 6.35. The maximum Gasteiger partial charge on any atom is 0.240 e. The van der Waals surface area contributed by atoms with Gasteiger partial charge < -0.3 is 15.5 Å². The van der Waals surface area contributed by atoms with Gasteiger partial charge in [0.05, 0.1) is 0 Å². The highest BCUT2D eigenvalue weighted by Crippen LogP contribution is 2.47. The molecule has 0 aliphatic heterocycles. The molecule has 3 rings (SSSR count). The molecule has 0 aromatic heterocycles. The van der Waals surface area contributed by atoms with E-state index in [1.54, 1.807) is 18.2 Å². The predicted octanol–water partition coefficient (Wildman–Crippen LogP) is 4.85. The van der Waals surface area contributed by atoms with Crippen molar-refractivity contribution in [2.75, 3.05) is 28.6 Å². The fourth-order valence-electron chi connectivity index (χ4n) is 3.26. The fourth-order valence-corrected chi connectivity index (χ4v) is 3.44. The quantitative estimate of drug-likeness (QED) is 0.654. The van der Waals surface area contributed by atoms with Gasteiger partial charge in [0.1, 0.15) is 5.41 Å². The Morgan fingerprint density at radius 2 is 1.61 bits per heavy atom. The Balaban J connectivity index is 1.68. The second-order valence-electron chi connectivity index (χ2n) is 7.12. The molecule has 1 saturated carbocycles. The van der Waals surface area contributed by atoms with E-state index in [1.165, 1.54) is 0 Å². The van der Waals surface area contributed by atoms with Gasteiger partial charge in [-0.05, 0) is 75.6 Å². The first-order valence-corrected chi connectivity index (χ1v) is 10.0. The number of hydrogen-bond donors (Lipinski definition) is 2. The summed E-state index contributed by atoms with van der Waals surface area (Å²) in [6.45, 7) is 7.91. The molecule has 5 nitrogen and oxygen atoms in total. The maximum atomic E-state index is 12.8. The first-order chi connectivity index (χ1) is 13.4. The Hall–Kier alpha value is -2.53. The Morgan fingerprint density at radius 3 is 2.18 bits per heavy atom. The van der Waals surface area contributed by atoms with Crippen LogP contribution in [0.25, 0.3) is 0 Å². The molecule has 2 aromatic carbocycles. The number of carbonyl (C=O) groups is 2. The minimum atomic E-state index is -1.01. The van der Waals surface area contributed by atoms with Gasteiger partial charge in [0.15, 0.2) is 0 Å². The van der Waals surface area contributed by atoms with Crippen LogP contribution in [0.2, 0.25) is 5.02 Å². The standard InChI is InChI=1S/C22H26ClN3O2/c1-4-26(5-2)17-11-9-16(10-12-17)24-20(27)22(13-14-22)21(28)25-19-8-6-7-18(23)15(19)3/h6-12H,4-5,13-14H2,1-3H3,(H,24,27)(H,25,28). The first kappa shape index (κ1) is 20.2. The highest BCUT2D eigenvalue weighted by Gasteiger charge is 2.56. The van der Waals surface area contributed by atoms with E-state index in [1.807, 2.05) is 31.2 Å². The molecule has 0 saturated heterocycles. The summed E-state index contributed by atoms with van der Waals surface area (Å²) in [6, 6.07) is 13.1. The lowest BCUT2D eigenvalue weighted by Gasteiger charge is -2.21. The molecular weight excluding hydrogens is 374 g/mol. The van der Waals surface area contributed by atoms with Crippen molar-refractivity contribution in [1.82, 2.24) is 0 Å². The number of halogens is 1. The molecule has 2 aromatic rings. The Labute approximate surface area is 171 Å². The normalized spacial score (nSPS) is 14.3. The predicted molar refractivity (Wildman–Crippen MR) is 115 cm³/mol. The number of amides is 2. The molecule has 1 aliphatic rings. The molecule has 28 heavy (non-hydrogen) atoms. The molecule has 0 unspecified atom stereocenters. The van der Waals surface area contributed by atoms with E-state index in [9.17, 15) is 9.59 Å². The van der Waals surface area contributed by atoms with Crippen molar-refractivity contribution in [3.63, 3.8) is 0 Å². The van der Waals surface area contributed by atoms with Crippen LogP contribution in [0.3, 0.4) is 0 Å². The van der Waals surface area contributed by atoms with E-state index in [0.29, 0.717) is 29.2 Å². The molecule has 1 aliphatic carbocycles. The van der Waals surface area contributed by atoms with Crippen molar-refractivity contribution in [2.45, 2.75) is 33.6 Å². The zero-order valence-electron chi connectivity index (χ0n) is 16.5. The third-order valence-corrected chi connectivity index (χ3v) is 5.80. The summed E-state index contributed by atoms with van der Waals surface area (Å²) in [6.07, 6.45) is 1.09. The molecule has 1 fully saturated rings. The van der Waals surface area contributed by atoms with Crippen molar-refractivity contribution in [3.8, 4) is 0 Å². The monoisotopic (exact) mass is 399 g/mol. The van der Waals surface area contributed by atoms with E-state index in [2.05, 4.69) is 29.4 Å². The Kier molecular flexibility index (Phi) is 5.94. The van der Waals surface area contributed by atoms with Gasteiger partial charge in [-0.3, -0.25) is 9.59 Å². The van der Waals surface area contributed by atoms with Gasteiger partial charge in [0, 0.05) is 35.2 Å². The van der Waals surface area contributed by atoms with Gasteiger partial charge in [0.25, 0.3) is 0 Å². The van der Waals surface area contributed by atoms with E-state index in [-0.39, 0.29) is 11.8 Å². The second-order valence-corrected chi connectivity index (χ2v) is 7.53. The number of nitrogens with one attached hydrogen (secondary N) is 2. The summed E-state index contributed by atoms with van der Waals surface area (Å²) in [5.74, 6) is -0.546. The van der Waals surface area contributed by atoms with Crippen molar-refractivity contribution in [1.29, 1.82) is 0 Å². The van der Waals surface area contributed by atoms with Crippen LogP contribution in [0.4, 0.5) is 17.1 Å². The molecule has 0 atom stereocenters. The molecular formula is C22H26ClN3O2. The number of carbonyl (C=O) groups excluding carboxylic acids is 2. The average molecular weight is 400 g/mol. The van der Waals surface area contributed by atoms with Gasteiger partial charge >= 0.3 is 0 Å². The highest BCUT2D eigenvalue weighted by atomic mass is 35.5. The van der Waals surface area contributed by atoms with E-state index in [0.717, 1.165) is 24.3 Å². The first-order valence-electron chi connectivity index (χ1n) is 9.64. The molecule has 0 bridgehead atoms. The van der Waals surface area contributed by atoms with Crippen molar-refractivity contribution < 1.29 is 9.59 Å². The van der Waals surface area contributed by atoms with Crippen molar-refractivity contribution >= 4 is 40.5 Å². The number of nitrogens with zero attached hydrogens (tertiary/aromatic N) is 1. The minimum Gasteiger partial charge on any atom is -0.372 e. The van der Waals surface area contributed by atoms with Gasteiger partial charge in [-0.25, -0.2) is 0 Å². The van der Waals surface area contributed by atoms with Crippen molar-refractivity contribution in [2.24, 2.45) is 5.41 Å². The van der Waals surface area contributed by atoms with Gasteiger partial charge in [-0.15, -0.1) is 0 Å². The summed E-state index contributed by atoms with van der Waals surface area (Å²) in [5.41, 5.74) is 2.23. The molecule has 0 spiro atoms. The number of anilines is 3. The van der Waals surface area contributed by atoms with Gasteiger partial charge in [0.2, 0.25) is 11.8 Å². The third-order valence-electron chi connectivity index (χ3n) is 5.39. The van der Waals surface area contributed by atoms with Crippen LogP contribution in [-0.4, -0.2) is 24.9 Å². The average Bonchev–Trinajstić information content (AvgIpc) is 3.50. The smallest absolute Gasteiger partial charge is 0.240 e. The molecule has 148 valence electrons. The van der Waals surface area contributed by atoms with Crippen LogP contribution in [-0.2, 0) is 9.59 Å². The molecule has 0 radical (unpaired) electrons. The zero-order chi connectivity index (χ0) is 20.3. The van der Waals surface area contributed by atoms with Crippen molar-refractivity contribution in [3.05, 3.63) is 53.1 Å². The van der Waals surface area contributed by atoms with Crippen LogP contribution < -0.4 is 15.5 Å². The van der Waals surface area contributed by atoms with Crippen LogP contribution in [0.15, 0.2) is 42.5 Å². The topological polar surface area (TPSA) is 61.4 Å². The van der Waals surface area contributed by atoms with Crippen LogP contribution in [0, 0.1) is 12.3 Å². The zero-order valence-corrected chi connectivity index (χ0v) is 17.3.